The molecule has 3 aromatic rings. The third-order valence-electron chi connectivity index (χ3n) is 5.26. The number of carbonyl (C=O) groups is 1. The number of hydrogen-bond donors (Lipinski definition) is 1. The van der Waals surface area contributed by atoms with E-state index in [0.29, 0.717) is 29.7 Å². The SMILES string of the molecule is CCOc1ccc(C(=O)N[C@@H](C)c2ccc(Cl)cc2)cc1COc1ccccc1C(C)C. The van der Waals surface area contributed by atoms with Crippen LogP contribution >= 0.6 is 11.6 Å². The largest absolute Gasteiger partial charge is 0.493 e. The molecule has 0 aliphatic rings. The van der Waals surface area contributed by atoms with Gasteiger partial charge in [-0.3, -0.25) is 4.79 Å². The second kappa shape index (κ2) is 11.1. The summed E-state index contributed by atoms with van der Waals surface area (Å²) in [6.45, 7) is 9.01. The molecule has 0 bridgehead atoms. The van der Waals surface area contributed by atoms with Crippen molar-refractivity contribution in [1.29, 1.82) is 0 Å². The fourth-order valence-corrected chi connectivity index (χ4v) is 3.61. The van der Waals surface area contributed by atoms with Crippen LogP contribution in [0.2, 0.25) is 5.02 Å². The minimum atomic E-state index is -0.153. The summed E-state index contributed by atoms with van der Waals surface area (Å²) < 4.78 is 11.9. The molecule has 0 radical (unpaired) electrons. The summed E-state index contributed by atoms with van der Waals surface area (Å²) in [5.41, 5.74) is 3.53. The number of amides is 1. The molecule has 4 nitrogen and oxygen atoms in total. The first kappa shape index (κ1) is 23.7. The van der Waals surface area contributed by atoms with Crippen molar-refractivity contribution >= 4 is 17.5 Å². The molecule has 1 N–H and O–H groups in total. The Morgan fingerprint density at radius 3 is 2.34 bits per heavy atom. The summed E-state index contributed by atoms with van der Waals surface area (Å²) in [6.07, 6.45) is 0. The lowest BCUT2D eigenvalue weighted by Gasteiger charge is -2.17. The first-order chi connectivity index (χ1) is 15.4. The van der Waals surface area contributed by atoms with Crippen LogP contribution in [-0.4, -0.2) is 12.5 Å². The second-order valence-corrected chi connectivity index (χ2v) is 8.42. The molecule has 1 atom stereocenters. The number of benzene rings is 3. The molecule has 5 heteroatoms. The van der Waals surface area contributed by atoms with Gasteiger partial charge in [0.1, 0.15) is 18.1 Å². The van der Waals surface area contributed by atoms with Crippen LogP contribution in [0.4, 0.5) is 0 Å². The topological polar surface area (TPSA) is 47.6 Å². The lowest BCUT2D eigenvalue weighted by Crippen LogP contribution is -2.26. The van der Waals surface area contributed by atoms with Crippen LogP contribution in [0.5, 0.6) is 11.5 Å². The fraction of sp³-hybridized carbons (Fsp3) is 0.296. The molecule has 0 aromatic heterocycles. The molecule has 0 saturated carbocycles. The Hall–Kier alpha value is -2.98. The van der Waals surface area contributed by atoms with Gasteiger partial charge in [-0.05, 0) is 67.3 Å². The van der Waals surface area contributed by atoms with Gasteiger partial charge in [0, 0.05) is 16.1 Å². The fourth-order valence-electron chi connectivity index (χ4n) is 3.49. The van der Waals surface area contributed by atoms with E-state index in [1.807, 2.05) is 68.4 Å². The third-order valence-corrected chi connectivity index (χ3v) is 5.52. The number of hydrogen-bond acceptors (Lipinski definition) is 3. The van der Waals surface area contributed by atoms with Crippen LogP contribution < -0.4 is 14.8 Å². The lowest BCUT2D eigenvalue weighted by molar-refractivity contribution is 0.0939. The summed E-state index contributed by atoms with van der Waals surface area (Å²) >= 11 is 5.97. The van der Waals surface area contributed by atoms with Crippen molar-refractivity contribution in [2.24, 2.45) is 0 Å². The van der Waals surface area contributed by atoms with Crippen molar-refractivity contribution in [2.45, 2.75) is 46.3 Å². The molecule has 0 saturated heterocycles. The van der Waals surface area contributed by atoms with Crippen LogP contribution in [0.1, 0.15) is 66.7 Å². The number of halogens is 1. The zero-order chi connectivity index (χ0) is 23.1. The molecular weight excluding hydrogens is 422 g/mol. The van der Waals surface area contributed by atoms with Crippen molar-refractivity contribution < 1.29 is 14.3 Å². The number of ether oxygens (including phenoxy) is 2. The molecule has 0 fully saturated rings. The van der Waals surface area contributed by atoms with E-state index in [2.05, 4.69) is 25.2 Å². The monoisotopic (exact) mass is 451 g/mol. The zero-order valence-electron chi connectivity index (χ0n) is 19.0. The Morgan fingerprint density at radius 2 is 1.66 bits per heavy atom. The van der Waals surface area contributed by atoms with E-state index in [1.54, 1.807) is 6.07 Å². The maximum absolute atomic E-state index is 12.9. The average Bonchev–Trinajstić information content (AvgIpc) is 2.79. The van der Waals surface area contributed by atoms with Gasteiger partial charge in [-0.2, -0.15) is 0 Å². The normalized spacial score (nSPS) is 11.8. The Bertz CT molecular complexity index is 1050. The minimum absolute atomic E-state index is 0.149. The molecule has 32 heavy (non-hydrogen) atoms. The van der Waals surface area contributed by atoms with Gasteiger partial charge in [0.2, 0.25) is 0 Å². The summed E-state index contributed by atoms with van der Waals surface area (Å²) in [5.74, 6) is 1.76. The van der Waals surface area contributed by atoms with Gasteiger partial charge >= 0.3 is 0 Å². The maximum atomic E-state index is 12.9. The highest BCUT2D eigenvalue weighted by molar-refractivity contribution is 6.30. The van der Waals surface area contributed by atoms with Gasteiger partial charge in [0.05, 0.1) is 12.6 Å². The second-order valence-electron chi connectivity index (χ2n) is 7.98. The maximum Gasteiger partial charge on any atom is 0.251 e. The third kappa shape index (κ3) is 6.04. The van der Waals surface area contributed by atoms with Crippen LogP contribution in [0.15, 0.2) is 66.7 Å². The highest BCUT2D eigenvalue weighted by Gasteiger charge is 2.15. The summed E-state index contributed by atoms with van der Waals surface area (Å²) in [5, 5.41) is 3.71. The molecule has 0 heterocycles. The molecule has 3 aromatic carbocycles. The van der Waals surface area contributed by atoms with Crippen LogP contribution in [0.3, 0.4) is 0 Å². The standard InChI is InChI=1S/C27H30ClNO3/c1-5-31-25-15-12-21(27(30)29-19(4)20-10-13-23(28)14-11-20)16-22(25)17-32-26-9-7-6-8-24(26)18(2)3/h6-16,18-19H,5,17H2,1-4H3,(H,29,30)/t19-/m0/s1. The Balaban J connectivity index is 1.78. The van der Waals surface area contributed by atoms with E-state index < -0.39 is 0 Å². The van der Waals surface area contributed by atoms with E-state index >= 15 is 0 Å². The van der Waals surface area contributed by atoms with E-state index in [0.717, 1.165) is 28.2 Å². The summed E-state index contributed by atoms with van der Waals surface area (Å²) in [7, 11) is 0. The predicted octanol–water partition coefficient (Wildman–Crippen LogP) is 6.93. The summed E-state index contributed by atoms with van der Waals surface area (Å²) in [6, 6.07) is 20.8. The zero-order valence-corrected chi connectivity index (χ0v) is 19.8. The highest BCUT2D eigenvalue weighted by atomic mass is 35.5. The van der Waals surface area contributed by atoms with Crippen LogP contribution in [-0.2, 0) is 6.61 Å². The number of carbonyl (C=O) groups excluding carboxylic acids is 1. The quantitative estimate of drug-likeness (QED) is 0.383. The first-order valence-corrected chi connectivity index (χ1v) is 11.3. The van der Waals surface area contributed by atoms with E-state index in [1.165, 1.54) is 0 Å². The Labute approximate surface area is 195 Å². The van der Waals surface area contributed by atoms with E-state index in [4.69, 9.17) is 21.1 Å². The first-order valence-electron chi connectivity index (χ1n) is 10.9. The minimum Gasteiger partial charge on any atom is -0.493 e. The number of rotatable bonds is 9. The van der Waals surface area contributed by atoms with Crippen molar-refractivity contribution in [2.75, 3.05) is 6.61 Å². The molecule has 0 aliphatic carbocycles. The van der Waals surface area contributed by atoms with Crippen molar-refractivity contribution in [3.63, 3.8) is 0 Å². The molecule has 0 aliphatic heterocycles. The van der Waals surface area contributed by atoms with Gasteiger partial charge < -0.3 is 14.8 Å². The lowest BCUT2D eigenvalue weighted by atomic mass is 10.0. The summed E-state index contributed by atoms with van der Waals surface area (Å²) in [4.78, 5) is 12.9. The smallest absolute Gasteiger partial charge is 0.251 e. The van der Waals surface area contributed by atoms with Gasteiger partial charge in [0.25, 0.3) is 5.91 Å². The Kier molecular flexibility index (Phi) is 8.18. The molecule has 3 rings (SSSR count). The average molecular weight is 452 g/mol. The predicted molar refractivity (Wildman–Crippen MR) is 130 cm³/mol. The molecule has 1 amide bonds. The molecule has 0 spiro atoms. The van der Waals surface area contributed by atoms with Crippen LogP contribution in [0.25, 0.3) is 0 Å². The van der Waals surface area contributed by atoms with Gasteiger partial charge in [-0.15, -0.1) is 0 Å². The molecular formula is C27H30ClNO3. The molecule has 168 valence electrons. The Morgan fingerprint density at radius 1 is 0.938 bits per heavy atom. The molecule has 0 unspecified atom stereocenters. The van der Waals surface area contributed by atoms with Gasteiger partial charge in [-0.1, -0.05) is 55.8 Å². The van der Waals surface area contributed by atoms with Crippen molar-refractivity contribution in [1.82, 2.24) is 5.32 Å². The van der Waals surface area contributed by atoms with Crippen LogP contribution in [0, 0.1) is 0 Å². The van der Waals surface area contributed by atoms with Crippen molar-refractivity contribution in [3.05, 3.63) is 94.0 Å². The van der Waals surface area contributed by atoms with E-state index in [9.17, 15) is 4.79 Å². The number of nitrogens with one attached hydrogen (secondary N) is 1. The van der Waals surface area contributed by atoms with Gasteiger partial charge in [-0.25, -0.2) is 0 Å². The number of para-hydroxylation sites is 1. The highest BCUT2D eigenvalue weighted by Crippen LogP contribution is 2.28. The van der Waals surface area contributed by atoms with Gasteiger partial charge in [0.15, 0.2) is 0 Å². The van der Waals surface area contributed by atoms with E-state index in [-0.39, 0.29) is 11.9 Å². The van der Waals surface area contributed by atoms with Crippen molar-refractivity contribution in [3.8, 4) is 11.5 Å².